The van der Waals surface area contributed by atoms with Gasteiger partial charge in [-0.15, -0.1) is 0 Å². The maximum Gasteiger partial charge on any atom is 0.271 e. The molecular weight excluding hydrogens is 576 g/mol. The lowest BCUT2D eigenvalue weighted by Crippen LogP contribution is -2.38. The van der Waals surface area contributed by atoms with E-state index < -0.39 is 0 Å². The first-order valence-electron chi connectivity index (χ1n) is 10.9. The van der Waals surface area contributed by atoms with Crippen molar-refractivity contribution >= 4 is 55.0 Å². The van der Waals surface area contributed by atoms with Gasteiger partial charge in [0, 0.05) is 20.1 Å². The highest BCUT2D eigenvalue weighted by atomic mass is 79.9. The van der Waals surface area contributed by atoms with Gasteiger partial charge in [0.15, 0.2) is 4.80 Å². The average molecular weight is 594 g/mol. The van der Waals surface area contributed by atoms with E-state index in [9.17, 15) is 9.90 Å². The Morgan fingerprint density at radius 1 is 1.00 bits per heavy atom. The molecule has 7 heteroatoms. The number of phenols is 1. The van der Waals surface area contributed by atoms with E-state index >= 15 is 0 Å². The van der Waals surface area contributed by atoms with Crippen molar-refractivity contribution in [3.8, 4) is 5.75 Å². The van der Waals surface area contributed by atoms with Gasteiger partial charge in [0.25, 0.3) is 5.56 Å². The molecule has 4 aromatic rings. The van der Waals surface area contributed by atoms with Crippen molar-refractivity contribution in [2.75, 3.05) is 0 Å². The number of thiazole rings is 1. The number of rotatable bonds is 2. The first kappa shape index (κ1) is 21.8. The fourth-order valence-electron chi connectivity index (χ4n) is 4.75. The van der Waals surface area contributed by atoms with Gasteiger partial charge in [0.1, 0.15) is 5.75 Å². The number of allylic oxidation sites excluding steroid dienone is 1. The fraction of sp³-hybridized carbons (Fsp3) is 0.111. The van der Waals surface area contributed by atoms with Crippen LogP contribution in [-0.4, -0.2) is 9.67 Å². The molecular formula is C27H18Br2N2O2S. The normalized spacial score (nSPS) is 17.1. The highest BCUT2D eigenvalue weighted by Gasteiger charge is 2.32. The third-order valence-electron chi connectivity index (χ3n) is 6.33. The second kappa shape index (κ2) is 8.48. The van der Waals surface area contributed by atoms with Crippen molar-refractivity contribution in [2.45, 2.75) is 18.9 Å². The summed E-state index contributed by atoms with van der Waals surface area (Å²) in [6.45, 7) is 0. The molecule has 1 aliphatic heterocycles. The molecule has 2 heterocycles. The van der Waals surface area contributed by atoms with Crippen LogP contribution in [-0.2, 0) is 6.42 Å². The van der Waals surface area contributed by atoms with Crippen LogP contribution in [0.2, 0.25) is 0 Å². The molecule has 4 nitrogen and oxygen atoms in total. The SMILES string of the molecule is O=c1/c(=C/c2cc(Br)ccc2O)sc2n1[C@H](c1ccc(Br)cc1)C1=C(N=2)c2ccccc2CC1. The molecule has 1 aliphatic carbocycles. The predicted octanol–water partition coefficient (Wildman–Crippen LogP) is 5.55. The predicted molar refractivity (Wildman–Crippen MR) is 143 cm³/mol. The van der Waals surface area contributed by atoms with E-state index in [0.717, 1.165) is 38.6 Å². The summed E-state index contributed by atoms with van der Waals surface area (Å²) in [6.07, 6.45) is 3.53. The molecule has 0 bridgehead atoms. The second-order valence-electron chi connectivity index (χ2n) is 8.37. The van der Waals surface area contributed by atoms with Crippen LogP contribution >= 0.6 is 43.2 Å². The van der Waals surface area contributed by atoms with Gasteiger partial charge >= 0.3 is 0 Å². The number of aromatic nitrogens is 1. The zero-order chi connectivity index (χ0) is 23.4. The Morgan fingerprint density at radius 2 is 1.76 bits per heavy atom. The van der Waals surface area contributed by atoms with Gasteiger partial charge in [0.2, 0.25) is 0 Å². The number of nitrogens with zero attached hydrogens (tertiary/aromatic N) is 2. The summed E-state index contributed by atoms with van der Waals surface area (Å²) < 4.78 is 4.20. The van der Waals surface area contributed by atoms with Gasteiger partial charge < -0.3 is 5.11 Å². The Morgan fingerprint density at radius 3 is 2.59 bits per heavy atom. The number of hydrogen-bond acceptors (Lipinski definition) is 4. The van der Waals surface area contributed by atoms with Crippen molar-refractivity contribution in [3.05, 3.63) is 123 Å². The van der Waals surface area contributed by atoms with E-state index in [4.69, 9.17) is 4.99 Å². The van der Waals surface area contributed by atoms with Crippen LogP contribution in [0.1, 0.15) is 34.7 Å². The van der Waals surface area contributed by atoms with E-state index in [2.05, 4.69) is 62.2 Å². The van der Waals surface area contributed by atoms with E-state index in [1.165, 1.54) is 22.5 Å². The molecule has 0 radical (unpaired) electrons. The largest absolute Gasteiger partial charge is 0.507 e. The lowest BCUT2D eigenvalue weighted by atomic mass is 9.83. The van der Waals surface area contributed by atoms with Crippen molar-refractivity contribution in [1.82, 2.24) is 4.57 Å². The van der Waals surface area contributed by atoms with Crippen LogP contribution in [0.5, 0.6) is 5.75 Å². The molecule has 1 atom stereocenters. The number of aromatic hydroxyl groups is 1. The average Bonchev–Trinajstić information content (AvgIpc) is 3.15. The molecule has 34 heavy (non-hydrogen) atoms. The third kappa shape index (κ3) is 3.63. The van der Waals surface area contributed by atoms with Crippen molar-refractivity contribution in [3.63, 3.8) is 0 Å². The van der Waals surface area contributed by atoms with Crippen molar-refractivity contribution in [2.24, 2.45) is 4.99 Å². The summed E-state index contributed by atoms with van der Waals surface area (Å²) in [5.41, 5.74) is 6.14. The first-order valence-corrected chi connectivity index (χ1v) is 13.3. The quantitative estimate of drug-likeness (QED) is 0.331. The van der Waals surface area contributed by atoms with Crippen LogP contribution in [0.15, 0.2) is 91.0 Å². The molecule has 0 fully saturated rings. The third-order valence-corrected chi connectivity index (χ3v) is 8.34. The van der Waals surface area contributed by atoms with E-state index in [1.807, 2.05) is 22.8 Å². The minimum Gasteiger partial charge on any atom is -0.507 e. The number of aryl methyl sites for hydroxylation is 1. The second-order valence-corrected chi connectivity index (χ2v) is 11.2. The van der Waals surface area contributed by atoms with Gasteiger partial charge in [-0.3, -0.25) is 9.36 Å². The van der Waals surface area contributed by atoms with Crippen LogP contribution in [0, 0.1) is 0 Å². The summed E-state index contributed by atoms with van der Waals surface area (Å²) in [4.78, 5) is 19.4. The zero-order valence-corrected chi connectivity index (χ0v) is 21.8. The Balaban J connectivity index is 1.64. The Kier molecular flexibility index (Phi) is 5.43. The first-order chi connectivity index (χ1) is 16.5. The molecule has 3 aromatic carbocycles. The molecule has 6 rings (SSSR count). The Bertz CT molecular complexity index is 1670. The smallest absolute Gasteiger partial charge is 0.271 e. The summed E-state index contributed by atoms with van der Waals surface area (Å²) in [7, 11) is 0. The van der Waals surface area contributed by atoms with Gasteiger partial charge in [-0.2, -0.15) is 0 Å². The topological polar surface area (TPSA) is 54.6 Å². The number of fused-ring (bicyclic) bond motifs is 3. The van der Waals surface area contributed by atoms with Crippen LogP contribution in [0.3, 0.4) is 0 Å². The fourth-order valence-corrected chi connectivity index (χ4v) is 6.38. The molecule has 1 aromatic heterocycles. The highest BCUT2D eigenvalue weighted by Crippen LogP contribution is 2.41. The lowest BCUT2D eigenvalue weighted by molar-refractivity contribution is 0.474. The number of halogens is 2. The molecule has 0 spiro atoms. The molecule has 0 saturated heterocycles. The van der Waals surface area contributed by atoms with Gasteiger partial charge in [0.05, 0.1) is 16.3 Å². The molecule has 1 N–H and O–H groups in total. The van der Waals surface area contributed by atoms with Crippen LogP contribution in [0.4, 0.5) is 0 Å². The lowest BCUT2D eigenvalue weighted by Gasteiger charge is -2.30. The monoisotopic (exact) mass is 592 g/mol. The molecule has 2 aliphatic rings. The number of hydrogen-bond donors (Lipinski definition) is 1. The van der Waals surface area contributed by atoms with Crippen LogP contribution in [0.25, 0.3) is 11.8 Å². The van der Waals surface area contributed by atoms with E-state index in [-0.39, 0.29) is 17.4 Å². The maximum absolute atomic E-state index is 13.7. The van der Waals surface area contributed by atoms with Gasteiger partial charge in [-0.1, -0.05) is 79.6 Å². The molecule has 0 amide bonds. The maximum atomic E-state index is 13.7. The van der Waals surface area contributed by atoms with Crippen molar-refractivity contribution in [1.29, 1.82) is 0 Å². The van der Waals surface area contributed by atoms with Crippen molar-refractivity contribution < 1.29 is 5.11 Å². The highest BCUT2D eigenvalue weighted by molar-refractivity contribution is 9.10. The van der Waals surface area contributed by atoms with E-state index in [1.54, 1.807) is 24.3 Å². The summed E-state index contributed by atoms with van der Waals surface area (Å²) in [5.74, 6) is 0.131. The zero-order valence-electron chi connectivity index (χ0n) is 17.8. The minimum atomic E-state index is -0.217. The summed E-state index contributed by atoms with van der Waals surface area (Å²) in [6, 6.07) is 21.6. The molecule has 0 saturated carbocycles. The molecule has 168 valence electrons. The minimum absolute atomic E-state index is 0.0959. The summed E-state index contributed by atoms with van der Waals surface area (Å²) in [5, 5.41) is 10.3. The van der Waals surface area contributed by atoms with Gasteiger partial charge in [-0.05, 0) is 65.9 Å². The van der Waals surface area contributed by atoms with Crippen LogP contribution < -0.4 is 14.9 Å². The van der Waals surface area contributed by atoms with Gasteiger partial charge in [-0.25, -0.2) is 4.99 Å². The number of benzene rings is 3. The van der Waals surface area contributed by atoms with E-state index in [0.29, 0.717) is 14.9 Å². The number of phenolic OH excluding ortho intramolecular Hbond substituents is 1. The molecule has 0 unspecified atom stereocenters. The summed E-state index contributed by atoms with van der Waals surface area (Å²) >= 11 is 8.34. The Hall–Kier alpha value is -2.74. The Labute approximate surface area is 216 Å². The standard InChI is InChI=1S/C27H18Br2N2O2S/c28-18-8-5-16(6-9-18)25-21-11-7-15-3-1-2-4-20(15)24(21)30-27-31(25)26(33)23(34-27)14-17-13-19(29)10-12-22(17)32/h1-6,8-10,12-14,25,32H,7,11H2/b23-14-/t25-/m1/s1.